The SMILES string of the molecule is NC1CCCC1CNC(=O)Cc1ccc(F)c(F)c1. The van der Waals surface area contributed by atoms with E-state index in [1.54, 1.807) is 0 Å². The Hall–Kier alpha value is -1.49. The van der Waals surface area contributed by atoms with Crippen molar-refractivity contribution in [1.82, 2.24) is 5.32 Å². The molecule has 1 aromatic carbocycles. The third kappa shape index (κ3) is 3.73. The van der Waals surface area contributed by atoms with Crippen LogP contribution in [0.4, 0.5) is 8.78 Å². The molecule has 0 spiro atoms. The fourth-order valence-corrected chi connectivity index (χ4v) is 2.46. The van der Waals surface area contributed by atoms with Gasteiger partial charge in [0.1, 0.15) is 0 Å². The van der Waals surface area contributed by atoms with Gasteiger partial charge < -0.3 is 11.1 Å². The highest BCUT2D eigenvalue weighted by molar-refractivity contribution is 5.78. The Balaban J connectivity index is 1.82. The van der Waals surface area contributed by atoms with E-state index < -0.39 is 11.6 Å². The van der Waals surface area contributed by atoms with E-state index in [4.69, 9.17) is 5.73 Å². The van der Waals surface area contributed by atoms with E-state index in [1.807, 2.05) is 0 Å². The molecule has 1 aromatic rings. The quantitative estimate of drug-likeness (QED) is 0.874. The van der Waals surface area contributed by atoms with Crippen LogP contribution < -0.4 is 11.1 Å². The number of halogens is 2. The van der Waals surface area contributed by atoms with Crippen LogP contribution in [0.15, 0.2) is 18.2 Å². The van der Waals surface area contributed by atoms with Gasteiger partial charge in [0.15, 0.2) is 11.6 Å². The molecule has 0 aromatic heterocycles. The summed E-state index contributed by atoms with van der Waals surface area (Å²) in [7, 11) is 0. The Kier molecular flexibility index (Phi) is 4.47. The van der Waals surface area contributed by atoms with Crippen LogP contribution in [0.2, 0.25) is 0 Å². The highest BCUT2D eigenvalue weighted by Gasteiger charge is 2.23. The second-order valence-electron chi connectivity index (χ2n) is 5.08. The first-order valence-electron chi connectivity index (χ1n) is 6.52. The number of benzene rings is 1. The minimum atomic E-state index is -0.928. The van der Waals surface area contributed by atoms with Gasteiger partial charge >= 0.3 is 0 Å². The molecular weight excluding hydrogens is 250 g/mol. The van der Waals surface area contributed by atoms with E-state index in [1.165, 1.54) is 6.07 Å². The van der Waals surface area contributed by atoms with Gasteiger partial charge in [-0.25, -0.2) is 8.78 Å². The Morgan fingerprint density at radius 3 is 2.74 bits per heavy atom. The minimum Gasteiger partial charge on any atom is -0.355 e. The minimum absolute atomic E-state index is 0.0547. The molecule has 1 aliphatic carbocycles. The van der Waals surface area contributed by atoms with Crippen molar-refractivity contribution in [2.45, 2.75) is 31.7 Å². The van der Waals surface area contributed by atoms with Crippen LogP contribution in [0, 0.1) is 17.6 Å². The molecule has 0 saturated heterocycles. The van der Waals surface area contributed by atoms with Gasteiger partial charge in [-0.3, -0.25) is 4.79 Å². The highest BCUT2D eigenvalue weighted by atomic mass is 19.2. The van der Waals surface area contributed by atoms with E-state index in [2.05, 4.69) is 5.32 Å². The van der Waals surface area contributed by atoms with Crippen LogP contribution >= 0.6 is 0 Å². The van der Waals surface area contributed by atoms with Crippen molar-refractivity contribution in [3.05, 3.63) is 35.4 Å². The number of carbonyl (C=O) groups is 1. The number of rotatable bonds is 4. The molecule has 2 atom stereocenters. The Labute approximate surface area is 111 Å². The Bertz CT molecular complexity index is 465. The third-order valence-electron chi connectivity index (χ3n) is 3.63. The van der Waals surface area contributed by atoms with Gasteiger partial charge in [0.2, 0.25) is 5.91 Å². The van der Waals surface area contributed by atoms with Crippen molar-refractivity contribution in [1.29, 1.82) is 0 Å². The average molecular weight is 268 g/mol. The maximum Gasteiger partial charge on any atom is 0.224 e. The van der Waals surface area contributed by atoms with Crippen molar-refractivity contribution in [2.75, 3.05) is 6.54 Å². The molecule has 3 N–H and O–H groups in total. The first-order chi connectivity index (χ1) is 9.06. The van der Waals surface area contributed by atoms with Gasteiger partial charge in [-0.2, -0.15) is 0 Å². The van der Waals surface area contributed by atoms with E-state index in [9.17, 15) is 13.6 Å². The van der Waals surface area contributed by atoms with E-state index in [0.717, 1.165) is 31.4 Å². The van der Waals surface area contributed by atoms with Gasteiger partial charge in [0.05, 0.1) is 6.42 Å². The monoisotopic (exact) mass is 268 g/mol. The summed E-state index contributed by atoms with van der Waals surface area (Å²) in [5.74, 6) is -1.69. The first-order valence-corrected chi connectivity index (χ1v) is 6.52. The lowest BCUT2D eigenvalue weighted by Gasteiger charge is -2.15. The molecule has 1 fully saturated rings. The summed E-state index contributed by atoms with van der Waals surface area (Å²) >= 11 is 0. The van der Waals surface area contributed by atoms with Gasteiger partial charge in [-0.05, 0) is 36.5 Å². The number of nitrogens with one attached hydrogen (secondary N) is 1. The second kappa shape index (κ2) is 6.10. The fraction of sp³-hybridized carbons (Fsp3) is 0.500. The molecule has 0 radical (unpaired) electrons. The summed E-state index contributed by atoms with van der Waals surface area (Å²) in [6.07, 6.45) is 3.19. The number of nitrogens with two attached hydrogens (primary N) is 1. The van der Waals surface area contributed by atoms with Crippen molar-refractivity contribution in [2.24, 2.45) is 11.7 Å². The molecule has 5 heteroatoms. The molecule has 0 heterocycles. The van der Waals surface area contributed by atoms with Crippen molar-refractivity contribution >= 4 is 5.91 Å². The lowest BCUT2D eigenvalue weighted by molar-refractivity contribution is -0.120. The Morgan fingerprint density at radius 2 is 2.11 bits per heavy atom. The maximum absolute atomic E-state index is 13.0. The smallest absolute Gasteiger partial charge is 0.224 e. The van der Waals surface area contributed by atoms with Crippen LogP contribution in [0.25, 0.3) is 0 Å². The molecule has 2 rings (SSSR count). The van der Waals surface area contributed by atoms with Crippen LogP contribution in [0.3, 0.4) is 0 Å². The van der Waals surface area contributed by atoms with Crippen LogP contribution in [-0.2, 0) is 11.2 Å². The number of amides is 1. The molecule has 104 valence electrons. The lowest BCUT2D eigenvalue weighted by Crippen LogP contribution is -2.36. The van der Waals surface area contributed by atoms with Crippen LogP contribution in [-0.4, -0.2) is 18.5 Å². The van der Waals surface area contributed by atoms with E-state index in [-0.39, 0.29) is 18.4 Å². The molecule has 3 nitrogen and oxygen atoms in total. The van der Waals surface area contributed by atoms with Crippen LogP contribution in [0.1, 0.15) is 24.8 Å². The molecule has 0 aliphatic heterocycles. The van der Waals surface area contributed by atoms with Crippen molar-refractivity contribution in [3.63, 3.8) is 0 Å². The summed E-state index contributed by atoms with van der Waals surface area (Å²) in [5.41, 5.74) is 6.38. The zero-order valence-corrected chi connectivity index (χ0v) is 10.7. The number of carbonyl (C=O) groups excluding carboxylic acids is 1. The summed E-state index contributed by atoms with van der Waals surface area (Å²) in [5, 5.41) is 2.80. The van der Waals surface area contributed by atoms with Gasteiger partial charge in [-0.15, -0.1) is 0 Å². The van der Waals surface area contributed by atoms with Gasteiger partial charge in [-0.1, -0.05) is 12.5 Å². The summed E-state index contributed by atoms with van der Waals surface area (Å²) < 4.78 is 25.7. The predicted octanol–water partition coefficient (Wildman–Crippen LogP) is 1.75. The van der Waals surface area contributed by atoms with Crippen molar-refractivity contribution < 1.29 is 13.6 Å². The van der Waals surface area contributed by atoms with E-state index >= 15 is 0 Å². The summed E-state index contributed by atoms with van der Waals surface area (Å²) in [6.45, 7) is 0.559. The third-order valence-corrected chi connectivity index (χ3v) is 3.63. The molecule has 1 amide bonds. The molecular formula is C14H18F2N2O. The number of hydrogen-bond acceptors (Lipinski definition) is 2. The van der Waals surface area contributed by atoms with Gasteiger partial charge in [0.25, 0.3) is 0 Å². The standard InChI is InChI=1S/C14H18F2N2O/c15-11-5-4-9(6-12(11)16)7-14(19)18-8-10-2-1-3-13(10)17/h4-6,10,13H,1-3,7-8,17H2,(H,18,19). The fourth-order valence-electron chi connectivity index (χ4n) is 2.46. The van der Waals surface area contributed by atoms with Crippen molar-refractivity contribution in [3.8, 4) is 0 Å². The molecule has 0 bridgehead atoms. The summed E-state index contributed by atoms with van der Waals surface area (Å²) in [6, 6.07) is 3.66. The maximum atomic E-state index is 13.0. The zero-order valence-electron chi connectivity index (χ0n) is 10.7. The molecule has 19 heavy (non-hydrogen) atoms. The average Bonchev–Trinajstić information content (AvgIpc) is 2.77. The topological polar surface area (TPSA) is 55.1 Å². The normalized spacial score (nSPS) is 22.5. The lowest BCUT2D eigenvalue weighted by atomic mass is 10.0. The highest BCUT2D eigenvalue weighted by Crippen LogP contribution is 2.23. The largest absolute Gasteiger partial charge is 0.355 e. The van der Waals surface area contributed by atoms with E-state index in [0.29, 0.717) is 18.0 Å². The molecule has 2 unspecified atom stereocenters. The number of hydrogen-bond donors (Lipinski definition) is 2. The van der Waals surface area contributed by atoms with Crippen LogP contribution in [0.5, 0.6) is 0 Å². The Morgan fingerprint density at radius 1 is 1.32 bits per heavy atom. The first kappa shape index (κ1) is 13.9. The second-order valence-corrected chi connectivity index (χ2v) is 5.08. The van der Waals surface area contributed by atoms with Gasteiger partial charge in [0, 0.05) is 12.6 Å². The molecule has 1 aliphatic rings. The summed E-state index contributed by atoms with van der Waals surface area (Å²) in [4.78, 5) is 11.7. The predicted molar refractivity (Wildman–Crippen MR) is 68.4 cm³/mol. The molecule has 1 saturated carbocycles. The zero-order chi connectivity index (χ0) is 13.8.